The van der Waals surface area contributed by atoms with Crippen LogP contribution in [0.1, 0.15) is 55.7 Å². The van der Waals surface area contributed by atoms with E-state index in [1.165, 1.54) is 0 Å². The highest BCUT2D eigenvalue weighted by Gasteiger charge is 2.29. The third-order valence-corrected chi connectivity index (χ3v) is 10.0. The van der Waals surface area contributed by atoms with E-state index in [1.807, 2.05) is 105 Å². The lowest BCUT2D eigenvalue weighted by atomic mass is 9.99. The van der Waals surface area contributed by atoms with Crippen molar-refractivity contribution >= 4 is 57.4 Å². The van der Waals surface area contributed by atoms with Crippen LogP contribution >= 0.6 is 23.2 Å². The van der Waals surface area contributed by atoms with Crippen LogP contribution in [0, 0.1) is 5.92 Å². The molecule has 1 aliphatic heterocycles. The Morgan fingerprint density at radius 3 is 2.33 bits per heavy atom. The molecule has 260 valence electrons. The van der Waals surface area contributed by atoms with Crippen LogP contribution in [0.4, 0.5) is 11.5 Å². The Balaban J connectivity index is 1.29. The fourth-order valence-electron chi connectivity index (χ4n) is 6.73. The van der Waals surface area contributed by atoms with E-state index in [1.54, 1.807) is 6.20 Å². The molecule has 0 radical (unpaired) electrons. The van der Waals surface area contributed by atoms with Gasteiger partial charge in [-0.2, -0.15) is 0 Å². The highest BCUT2D eigenvalue weighted by atomic mass is 35.5. The van der Waals surface area contributed by atoms with Crippen molar-refractivity contribution in [3.63, 3.8) is 0 Å². The molecule has 0 spiro atoms. The molecule has 0 saturated carbocycles. The third-order valence-electron chi connectivity index (χ3n) is 9.54. The smallest absolute Gasteiger partial charge is 0.272 e. The summed E-state index contributed by atoms with van der Waals surface area (Å²) in [7, 11) is 0. The maximum absolute atomic E-state index is 14.6. The summed E-state index contributed by atoms with van der Waals surface area (Å²) in [6.07, 6.45) is 5.14. The number of amides is 2. The molecule has 1 atom stereocenters. The second-order valence-corrected chi connectivity index (χ2v) is 14.1. The van der Waals surface area contributed by atoms with Crippen molar-refractivity contribution in [3.05, 3.63) is 119 Å². The average molecular weight is 721 g/mol. The normalized spacial score (nSPS) is 14.2. The van der Waals surface area contributed by atoms with Gasteiger partial charge in [-0.05, 0) is 61.7 Å². The van der Waals surface area contributed by atoms with Crippen LogP contribution in [-0.4, -0.2) is 50.5 Å². The lowest BCUT2D eigenvalue weighted by Gasteiger charge is -2.34. The van der Waals surface area contributed by atoms with Crippen molar-refractivity contribution in [3.8, 4) is 22.5 Å². The molecule has 2 amide bonds. The number of carbonyl (C=O) groups is 2. The van der Waals surface area contributed by atoms with Gasteiger partial charge in [0.05, 0.1) is 29.4 Å². The number of benzene rings is 3. The lowest BCUT2D eigenvalue weighted by molar-refractivity contribution is -0.124. The van der Waals surface area contributed by atoms with Crippen LogP contribution in [0.3, 0.4) is 0 Å². The molecule has 3 aromatic heterocycles. The Kier molecular flexibility index (Phi) is 9.84. The first kappa shape index (κ1) is 34.3. The highest BCUT2D eigenvalue weighted by molar-refractivity contribution is 6.31. The van der Waals surface area contributed by atoms with Gasteiger partial charge in [0.25, 0.3) is 5.91 Å². The second-order valence-electron chi connectivity index (χ2n) is 13.3. The highest BCUT2D eigenvalue weighted by Crippen LogP contribution is 2.42. The van der Waals surface area contributed by atoms with Crippen molar-refractivity contribution in [2.24, 2.45) is 5.92 Å². The summed E-state index contributed by atoms with van der Waals surface area (Å²) < 4.78 is 2.11. The molecule has 3 aromatic carbocycles. The molecule has 1 unspecified atom stereocenters. The molecular weight excluding hydrogens is 681 g/mol. The number of carbonyl (C=O) groups excluding carboxylic acids is 2. The maximum atomic E-state index is 14.6. The van der Waals surface area contributed by atoms with Crippen molar-refractivity contribution in [2.75, 3.05) is 23.3 Å². The van der Waals surface area contributed by atoms with E-state index in [0.29, 0.717) is 45.9 Å². The molecular formula is C40H39Cl2N7O2. The quantitative estimate of drug-likeness (QED) is 0.138. The number of rotatable bonds is 9. The van der Waals surface area contributed by atoms with E-state index >= 15 is 0 Å². The molecule has 11 heteroatoms. The largest absolute Gasteiger partial charge is 0.355 e. The first-order chi connectivity index (χ1) is 24.7. The van der Waals surface area contributed by atoms with Crippen molar-refractivity contribution in [1.29, 1.82) is 0 Å². The van der Waals surface area contributed by atoms with Gasteiger partial charge in [0.2, 0.25) is 5.91 Å². The van der Waals surface area contributed by atoms with Gasteiger partial charge in [-0.15, -0.1) is 0 Å². The van der Waals surface area contributed by atoms with E-state index in [9.17, 15) is 9.59 Å². The third kappa shape index (κ3) is 7.09. The van der Waals surface area contributed by atoms with Crippen molar-refractivity contribution in [1.82, 2.24) is 24.8 Å². The molecule has 0 aliphatic carbocycles. The molecule has 1 saturated heterocycles. The van der Waals surface area contributed by atoms with Gasteiger partial charge in [-0.3, -0.25) is 9.59 Å². The minimum atomic E-state index is -0.323. The predicted molar refractivity (Wildman–Crippen MR) is 206 cm³/mol. The van der Waals surface area contributed by atoms with E-state index in [4.69, 9.17) is 33.2 Å². The summed E-state index contributed by atoms with van der Waals surface area (Å²) in [5, 5.41) is 8.39. The number of hydrogen-bond acceptors (Lipinski definition) is 5. The van der Waals surface area contributed by atoms with E-state index in [2.05, 4.69) is 32.0 Å². The minimum Gasteiger partial charge on any atom is -0.355 e. The molecule has 51 heavy (non-hydrogen) atoms. The Bertz CT molecular complexity index is 2190. The van der Waals surface area contributed by atoms with Crippen molar-refractivity contribution in [2.45, 2.75) is 45.7 Å². The predicted octanol–water partition coefficient (Wildman–Crippen LogP) is 9.00. The number of halogens is 2. The fourth-order valence-corrected chi connectivity index (χ4v) is 7.03. The van der Waals surface area contributed by atoms with Crippen LogP contribution in [0.25, 0.3) is 33.4 Å². The molecule has 1 fully saturated rings. The molecule has 6 aromatic rings. The van der Waals surface area contributed by atoms with Crippen LogP contribution in [0.15, 0.2) is 97.5 Å². The zero-order valence-electron chi connectivity index (χ0n) is 28.7. The summed E-state index contributed by atoms with van der Waals surface area (Å²) in [6.45, 7) is 7.30. The molecule has 1 aliphatic rings. The number of aromatic amines is 1. The summed E-state index contributed by atoms with van der Waals surface area (Å²) in [5.74, 6) is 0.367. The second kappa shape index (κ2) is 14.6. The van der Waals surface area contributed by atoms with Crippen LogP contribution in [0.5, 0.6) is 0 Å². The monoisotopic (exact) mass is 719 g/mol. The van der Waals surface area contributed by atoms with E-state index < -0.39 is 0 Å². The Labute approximate surface area is 307 Å². The summed E-state index contributed by atoms with van der Waals surface area (Å²) in [5.41, 5.74) is 5.91. The molecule has 0 bridgehead atoms. The number of piperidine rings is 1. The van der Waals surface area contributed by atoms with Gasteiger partial charge in [0, 0.05) is 63.3 Å². The number of anilines is 2. The van der Waals surface area contributed by atoms with E-state index in [0.717, 1.165) is 46.3 Å². The number of pyridine rings is 1. The van der Waals surface area contributed by atoms with Gasteiger partial charge in [0.15, 0.2) is 5.82 Å². The number of nitrogens with zero attached hydrogens (tertiary/aromatic N) is 4. The number of imidazole rings is 1. The summed E-state index contributed by atoms with van der Waals surface area (Å²) >= 11 is 12.7. The van der Waals surface area contributed by atoms with Gasteiger partial charge < -0.3 is 25.1 Å². The molecule has 4 heterocycles. The van der Waals surface area contributed by atoms with Gasteiger partial charge in [-0.25, -0.2) is 9.97 Å². The van der Waals surface area contributed by atoms with Gasteiger partial charge in [0.1, 0.15) is 5.69 Å². The SMILES string of the molecule is CC(C)C(=O)NC1CCN(c2ncccc2NC(=O)c2[nH]c3cc(Cl)ccc3c2-c2c(-c3ccccc3)ncn2C(C)c2ccc(Cl)cc2)CC1. The molecule has 3 N–H and O–H groups in total. The minimum absolute atomic E-state index is 0.0609. The van der Waals surface area contributed by atoms with Crippen molar-refractivity contribution < 1.29 is 9.59 Å². The lowest BCUT2D eigenvalue weighted by Crippen LogP contribution is -2.46. The average Bonchev–Trinajstić information content (AvgIpc) is 3.74. The molecule has 9 nitrogen and oxygen atoms in total. The van der Waals surface area contributed by atoms with Crippen LogP contribution < -0.4 is 15.5 Å². The fraction of sp³-hybridized carbons (Fsp3) is 0.250. The van der Waals surface area contributed by atoms with Gasteiger partial charge >= 0.3 is 0 Å². The maximum Gasteiger partial charge on any atom is 0.272 e. The van der Waals surface area contributed by atoms with Gasteiger partial charge in [-0.1, -0.05) is 85.6 Å². The zero-order chi connectivity index (χ0) is 35.6. The molecule has 7 rings (SSSR count). The standard InChI is InChI=1S/C40H39Cl2N7O2/c1-24(2)39(50)45-30-17-20-48(21-18-30)38-32(10-7-19-43-38)47-40(51)36-34(31-16-15-29(42)22-33(31)46-36)37-35(27-8-5-4-6-9-27)44-23-49(37)25(3)26-11-13-28(41)14-12-26/h4-16,19,22-25,30,46H,17-18,20-21H2,1-3H3,(H,45,50)(H,47,51). The van der Waals surface area contributed by atoms with Crippen LogP contribution in [-0.2, 0) is 4.79 Å². The Hall–Kier alpha value is -5.12. The summed E-state index contributed by atoms with van der Waals surface area (Å²) in [6, 6.07) is 27.0. The Morgan fingerprint density at radius 1 is 0.882 bits per heavy atom. The number of aromatic nitrogens is 4. The number of nitrogens with one attached hydrogen (secondary N) is 3. The van der Waals surface area contributed by atoms with Crippen LogP contribution in [0.2, 0.25) is 10.0 Å². The summed E-state index contributed by atoms with van der Waals surface area (Å²) in [4.78, 5) is 42.1. The van der Waals surface area contributed by atoms with E-state index in [-0.39, 0.29) is 29.8 Å². The number of fused-ring (bicyclic) bond motifs is 1. The first-order valence-corrected chi connectivity index (χ1v) is 17.9. The number of H-pyrrole nitrogens is 1. The Morgan fingerprint density at radius 2 is 1.61 bits per heavy atom. The topological polar surface area (TPSA) is 108 Å². The number of hydrogen-bond donors (Lipinski definition) is 3. The zero-order valence-corrected chi connectivity index (χ0v) is 30.2. The first-order valence-electron chi connectivity index (χ1n) is 17.2.